The predicted molar refractivity (Wildman–Crippen MR) is 74.7 cm³/mol. The van der Waals surface area contributed by atoms with Crippen molar-refractivity contribution >= 4 is 11.7 Å². The Hall–Kier alpha value is -2.83. The molecule has 108 valence electrons. The average Bonchev–Trinajstić information content (AvgIpc) is 3.20. The monoisotopic (exact) mass is 286 g/mol. The molecule has 0 radical (unpaired) electrons. The van der Waals surface area contributed by atoms with Crippen molar-refractivity contribution in [1.82, 2.24) is 15.4 Å². The lowest BCUT2D eigenvalue weighted by atomic mass is 10.2. The molecule has 3 heterocycles. The van der Waals surface area contributed by atoms with Crippen molar-refractivity contribution in [1.29, 1.82) is 0 Å². The average molecular weight is 286 g/mol. The quantitative estimate of drug-likeness (QED) is 0.751. The molecule has 3 aromatic rings. The second kappa shape index (κ2) is 5.66. The SMILES string of the molecule is CCCc1cc(NC(=O)c2cc(-c3ccco3)on2)n[nH]1. The van der Waals surface area contributed by atoms with Gasteiger partial charge in [0.25, 0.3) is 5.91 Å². The molecule has 0 aliphatic rings. The number of aryl methyl sites for hydroxylation is 1. The summed E-state index contributed by atoms with van der Waals surface area (Å²) in [7, 11) is 0. The van der Waals surface area contributed by atoms with Gasteiger partial charge in [-0.1, -0.05) is 18.5 Å². The van der Waals surface area contributed by atoms with Gasteiger partial charge in [0.2, 0.25) is 5.76 Å². The Morgan fingerprint density at radius 2 is 2.29 bits per heavy atom. The number of amides is 1. The molecule has 7 heteroatoms. The number of aromatic amines is 1. The van der Waals surface area contributed by atoms with Gasteiger partial charge in [-0.2, -0.15) is 5.10 Å². The molecule has 2 N–H and O–H groups in total. The molecular formula is C14H14N4O3. The number of hydrogen-bond acceptors (Lipinski definition) is 5. The molecule has 3 aromatic heterocycles. The van der Waals surface area contributed by atoms with Crippen molar-refractivity contribution in [3.63, 3.8) is 0 Å². The molecule has 0 fully saturated rings. The van der Waals surface area contributed by atoms with E-state index in [1.807, 2.05) is 0 Å². The van der Waals surface area contributed by atoms with E-state index in [1.165, 1.54) is 12.3 Å². The molecule has 0 bridgehead atoms. The van der Waals surface area contributed by atoms with Gasteiger partial charge in [0.1, 0.15) is 0 Å². The topological polar surface area (TPSA) is 97.0 Å². The number of rotatable bonds is 5. The zero-order chi connectivity index (χ0) is 14.7. The number of anilines is 1. The molecule has 3 rings (SSSR count). The van der Waals surface area contributed by atoms with E-state index in [4.69, 9.17) is 8.94 Å². The third kappa shape index (κ3) is 2.86. The van der Waals surface area contributed by atoms with Crippen LogP contribution in [0.2, 0.25) is 0 Å². The Morgan fingerprint density at radius 3 is 3.05 bits per heavy atom. The maximum atomic E-state index is 12.0. The van der Waals surface area contributed by atoms with Crippen molar-refractivity contribution in [2.45, 2.75) is 19.8 Å². The van der Waals surface area contributed by atoms with Crippen molar-refractivity contribution in [3.05, 3.63) is 41.9 Å². The molecule has 0 unspecified atom stereocenters. The van der Waals surface area contributed by atoms with Crippen LogP contribution in [-0.2, 0) is 6.42 Å². The summed E-state index contributed by atoms with van der Waals surface area (Å²) >= 11 is 0. The van der Waals surface area contributed by atoms with Gasteiger partial charge in [-0.3, -0.25) is 9.89 Å². The maximum absolute atomic E-state index is 12.0. The molecule has 7 nitrogen and oxygen atoms in total. The Bertz CT molecular complexity index is 727. The van der Waals surface area contributed by atoms with Crippen molar-refractivity contribution < 1.29 is 13.7 Å². The van der Waals surface area contributed by atoms with Gasteiger partial charge in [0, 0.05) is 17.8 Å². The number of carbonyl (C=O) groups is 1. The minimum absolute atomic E-state index is 0.168. The van der Waals surface area contributed by atoms with Gasteiger partial charge >= 0.3 is 0 Å². The highest BCUT2D eigenvalue weighted by molar-refractivity contribution is 6.02. The highest BCUT2D eigenvalue weighted by Gasteiger charge is 2.16. The van der Waals surface area contributed by atoms with Crippen molar-refractivity contribution in [2.24, 2.45) is 0 Å². The summed E-state index contributed by atoms with van der Waals surface area (Å²) in [5.41, 5.74) is 1.14. The smallest absolute Gasteiger partial charge is 0.279 e. The van der Waals surface area contributed by atoms with Crippen molar-refractivity contribution in [2.75, 3.05) is 5.32 Å². The molecule has 0 saturated carbocycles. The molecule has 0 spiro atoms. The van der Waals surface area contributed by atoms with Gasteiger partial charge in [-0.25, -0.2) is 0 Å². The van der Waals surface area contributed by atoms with Gasteiger partial charge in [0.15, 0.2) is 17.3 Å². The Kier molecular flexibility index (Phi) is 3.55. The first kappa shape index (κ1) is 13.2. The third-order valence-corrected chi connectivity index (χ3v) is 2.90. The molecular weight excluding hydrogens is 272 g/mol. The summed E-state index contributed by atoms with van der Waals surface area (Å²) in [6.07, 6.45) is 3.41. The Balaban J connectivity index is 1.70. The fourth-order valence-electron chi connectivity index (χ4n) is 1.92. The minimum atomic E-state index is -0.383. The first-order valence-electron chi connectivity index (χ1n) is 6.62. The number of nitrogens with zero attached hydrogens (tertiary/aromatic N) is 2. The van der Waals surface area contributed by atoms with Crippen LogP contribution in [0, 0.1) is 0 Å². The minimum Gasteiger partial charge on any atom is -0.461 e. The molecule has 21 heavy (non-hydrogen) atoms. The van der Waals surface area contributed by atoms with Crippen LogP contribution >= 0.6 is 0 Å². The van der Waals surface area contributed by atoms with Crippen molar-refractivity contribution in [3.8, 4) is 11.5 Å². The van der Waals surface area contributed by atoms with E-state index in [1.54, 1.807) is 18.2 Å². The zero-order valence-corrected chi connectivity index (χ0v) is 11.4. The van der Waals surface area contributed by atoms with E-state index in [9.17, 15) is 4.79 Å². The number of aromatic nitrogens is 3. The van der Waals surface area contributed by atoms with Gasteiger partial charge < -0.3 is 14.3 Å². The molecule has 1 amide bonds. The number of furan rings is 1. The maximum Gasteiger partial charge on any atom is 0.279 e. The lowest BCUT2D eigenvalue weighted by Gasteiger charge is -1.95. The molecule has 0 saturated heterocycles. The Morgan fingerprint density at radius 1 is 1.38 bits per heavy atom. The first-order chi connectivity index (χ1) is 10.3. The normalized spacial score (nSPS) is 10.7. The lowest BCUT2D eigenvalue weighted by Crippen LogP contribution is -2.12. The van der Waals surface area contributed by atoms with E-state index in [-0.39, 0.29) is 11.6 Å². The van der Waals surface area contributed by atoms with Gasteiger partial charge in [0.05, 0.1) is 6.26 Å². The van der Waals surface area contributed by atoms with Crippen LogP contribution in [0.5, 0.6) is 0 Å². The summed E-state index contributed by atoms with van der Waals surface area (Å²) in [6.45, 7) is 2.07. The Labute approximate surface area is 120 Å². The van der Waals surface area contributed by atoms with E-state index < -0.39 is 0 Å². The van der Waals surface area contributed by atoms with E-state index in [0.717, 1.165) is 18.5 Å². The fraction of sp³-hybridized carbons (Fsp3) is 0.214. The summed E-state index contributed by atoms with van der Waals surface area (Å²) in [5.74, 6) is 1.00. The van der Waals surface area contributed by atoms with Crippen LogP contribution in [0.1, 0.15) is 29.5 Å². The summed E-state index contributed by atoms with van der Waals surface area (Å²) in [4.78, 5) is 12.0. The van der Waals surface area contributed by atoms with Gasteiger partial charge in [-0.15, -0.1) is 0 Å². The lowest BCUT2D eigenvalue weighted by molar-refractivity contribution is 0.101. The molecule has 0 aliphatic carbocycles. The summed E-state index contributed by atoms with van der Waals surface area (Å²) in [5, 5.41) is 13.3. The van der Waals surface area contributed by atoms with E-state index >= 15 is 0 Å². The van der Waals surface area contributed by atoms with E-state index in [0.29, 0.717) is 17.3 Å². The number of H-pyrrole nitrogens is 1. The van der Waals surface area contributed by atoms with Crippen LogP contribution in [0.25, 0.3) is 11.5 Å². The van der Waals surface area contributed by atoms with Gasteiger partial charge in [-0.05, 0) is 18.6 Å². The fourth-order valence-corrected chi connectivity index (χ4v) is 1.92. The molecule has 0 atom stereocenters. The van der Waals surface area contributed by atoms with Crippen LogP contribution in [0.3, 0.4) is 0 Å². The second-order valence-electron chi connectivity index (χ2n) is 4.54. The number of carbonyl (C=O) groups excluding carboxylic acids is 1. The molecule has 0 aromatic carbocycles. The summed E-state index contributed by atoms with van der Waals surface area (Å²) < 4.78 is 10.3. The molecule has 0 aliphatic heterocycles. The standard InChI is InChI=1S/C14H14N4O3/c1-2-4-9-7-13(17-16-9)15-14(19)10-8-12(21-18-10)11-5-3-6-20-11/h3,5-8H,2,4H2,1H3,(H2,15,16,17,19). The third-order valence-electron chi connectivity index (χ3n) is 2.90. The van der Waals surface area contributed by atoms with Crippen LogP contribution in [0.4, 0.5) is 5.82 Å². The largest absolute Gasteiger partial charge is 0.461 e. The van der Waals surface area contributed by atoms with Crippen LogP contribution in [-0.4, -0.2) is 21.3 Å². The predicted octanol–water partition coefficient (Wildman–Crippen LogP) is 2.86. The zero-order valence-electron chi connectivity index (χ0n) is 11.4. The second-order valence-corrected chi connectivity index (χ2v) is 4.54. The van der Waals surface area contributed by atoms with E-state index in [2.05, 4.69) is 27.6 Å². The first-order valence-corrected chi connectivity index (χ1v) is 6.62. The summed E-state index contributed by atoms with van der Waals surface area (Å²) in [6, 6.07) is 6.78. The highest BCUT2D eigenvalue weighted by Crippen LogP contribution is 2.21. The van der Waals surface area contributed by atoms with Crippen LogP contribution in [0.15, 0.2) is 39.5 Å². The van der Waals surface area contributed by atoms with Crippen LogP contribution < -0.4 is 5.32 Å². The highest BCUT2D eigenvalue weighted by atomic mass is 16.5. The number of nitrogens with one attached hydrogen (secondary N) is 2. The number of hydrogen-bond donors (Lipinski definition) is 2.